The number of hydrogen-bond acceptors (Lipinski definition) is 6. The normalized spacial score (nSPS) is 19.7. The Bertz CT molecular complexity index is 1110. The van der Waals surface area contributed by atoms with Crippen molar-refractivity contribution in [1.82, 2.24) is 4.90 Å². The number of nitrogens with zero attached hydrogens (tertiary/aromatic N) is 2. The molecule has 11 heteroatoms. The molecule has 2 N–H and O–H groups in total. The number of piperidine rings is 1. The minimum atomic E-state index is -3.01. The lowest BCUT2D eigenvalue weighted by Crippen LogP contribution is -2.57. The van der Waals surface area contributed by atoms with Gasteiger partial charge in [0.2, 0.25) is 10.9 Å². The van der Waals surface area contributed by atoms with Gasteiger partial charge in [0.25, 0.3) is 5.91 Å². The van der Waals surface area contributed by atoms with Gasteiger partial charge < -0.3 is 20.1 Å². The molecule has 1 saturated heterocycles. The number of rotatable bonds is 5. The molecule has 0 bridgehead atoms. The number of thiol groups is 1. The molecule has 4 rings (SSSR count). The van der Waals surface area contributed by atoms with Crippen molar-refractivity contribution in [3.63, 3.8) is 0 Å². The number of methoxy groups -OCH3 is 1. The number of anilines is 1. The molecule has 2 aromatic rings. The van der Waals surface area contributed by atoms with Crippen LogP contribution >= 0.6 is 11.6 Å². The minimum absolute atomic E-state index is 0.146. The zero-order chi connectivity index (χ0) is 23.8. The smallest absolute Gasteiger partial charge is 0.265 e. The third kappa shape index (κ3) is 5.02. The second-order valence-corrected chi connectivity index (χ2v) is 9.74. The van der Waals surface area contributed by atoms with Gasteiger partial charge in [-0.25, -0.2) is 12.8 Å². The summed E-state index contributed by atoms with van der Waals surface area (Å²) in [6.07, 6.45) is 0.692. The maximum atomic E-state index is 13.2. The summed E-state index contributed by atoms with van der Waals surface area (Å²) in [6.45, 7) is 0.681. The number of likely N-dealkylation sites (tertiary alicyclic amines) is 1. The fourth-order valence-corrected chi connectivity index (χ4v) is 5.12. The second-order valence-electron chi connectivity index (χ2n) is 8.37. The van der Waals surface area contributed by atoms with E-state index in [0.29, 0.717) is 38.1 Å². The number of ether oxygens (including phenoxy) is 2. The number of carbonyl (C=O) groups excluding carboxylic acids is 1. The quantitative estimate of drug-likeness (QED) is 0.614. The zero-order valence-corrected chi connectivity index (χ0v) is 19.7. The van der Waals surface area contributed by atoms with Gasteiger partial charge in [-0.05, 0) is 43.0 Å². The number of carbonyl (C=O) groups is 1. The lowest BCUT2D eigenvalue weighted by Gasteiger charge is -2.41. The molecule has 2 aromatic carbocycles. The van der Waals surface area contributed by atoms with Gasteiger partial charge in [-0.1, -0.05) is 23.7 Å². The lowest BCUT2D eigenvalue weighted by atomic mass is 9.82. The van der Waals surface area contributed by atoms with Gasteiger partial charge in [-0.3, -0.25) is 9.10 Å². The van der Waals surface area contributed by atoms with E-state index in [9.17, 15) is 17.6 Å². The SMILES string of the molecule is COc1cc2c(cc1Cl)N([SH](=O)=O)CC(C(=O)N1CCC(N)(Cc3ccc(F)cc3)CC1)O2. The van der Waals surface area contributed by atoms with Crippen LogP contribution in [0.1, 0.15) is 18.4 Å². The predicted molar refractivity (Wildman–Crippen MR) is 123 cm³/mol. The van der Waals surface area contributed by atoms with Gasteiger partial charge in [0.05, 0.1) is 24.4 Å². The molecular weight excluding hydrogens is 473 g/mol. The van der Waals surface area contributed by atoms with E-state index in [0.717, 1.165) is 9.87 Å². The van der Waals surface area contributed by atoms with Crippen molar-refractivity contribution >= 4 is 34.1 Å². The van der Waals surface area contributed by atoms with Crippen molar-refractivity contribution in [1.29, 1.82) is 0 Å². The summed E-state index contributed by atoms with van der Waals surface area (Å²) >= 11 is 6.13. The molecule has 1 atom stereocenters. The van der Waals surface area contributed by atoms with Crippen LogP contribution in [0.15, 0.2) is 36.4 Å². The van der Waals surface area contributed by atoms with Crippen molar-refractivity contribution in [3.05, 3.63) is 52.8 Å². The van der Waals surface area contributed by atoms with Crippen LogP contribution in [0, 0.1) is 5.82 Å². The largest absolute Gasteiger partial charge is 0.495 e. The lowest BCUT2D eigenvalue weighted by molar-refractivity contribution is -0.140. The Kier molecular flexibility index (Phi) is 6.69. The summed E-state index contributed by atoms with van der Waals surface area (Å²) in [5.74, 6) is -0.0777. The van der Waals surface area contributed by atoms with Crippen LogP contribution in [0.4, 0.5) is 10.1 Å². The Labute approximate surface area is 198 Å². The van der Waals surface area contributed by atoms with Crippen LogP contribution in [0.25, 0.3) is 0 Å². The molecule has 0 saturated carbocycles. The van der Waals surface area contributed by atoms with Crippen LogP contribution in [-0.4, -0.2) is 57.6 Å². The van der Waals surface area contributed by atoms with E-state index in [-0.39, 0.29) is 34.7 Å². The number of halogens is 2. The van der Waals surface area contributed by atoms with Crippen molar-refractivity contribution in [2.24, 2.45) is 5.73 Å². The van der Waals surface area contributed by atoms with Gasteiger partial charge in [0.1, 0.15) is 17.3 Å². The van der Waals surface area contributed by atoms with E-state index in [1.807, 2.05) is 0 Å². The Morgan fingerprint density at radius 3 is 2.55 bits per heavy atom. The van der Waals surface area contributed by atoms with E-state index >= 15 is 0 Å². The predicted octanol–water partition coefficient (Wildman–Crippen LogP) is 2.14. The molecule has 1 fully saturated rings. The van der Waals surface area contributed by atoms with Crippen LogP contribution < -0.4 is 19.5 Å². The maximum Gasteiger partial charge on any atom is 0.265 e. The van der Waals surface area contributed by atoms with Gasteiger partial charge in [0, 0.05) is 24.7 Å². The first-order chi connectivity index (χ1) is 15.7. The van der Waals surface area contributed by atoms with Crippen molar-refractivity contribution in [3.8, 4) is 11.5 Å². The average molecular weight is 498 g/mol. The highest BCUT2D eigenvalue weighted by Gasteiger charge is 2.39. The molecule has 2 aliphatic rings. The van der Waals surface area contributed by atoms with Gasteiger partial charge in [-0.15, -0.1) is 0 Å². The molecule has 1 unspecified atom stereocenters. The molecule has 1 amide bonds. The number of hydrogen-bond donors (Lipinski definition) is 2. The monoisotopic (exact) mass is 497 g/mol. The molecule has 0 aliphatic carbocycles. The summed E-state index contributed by atoms with van der Waals surface area (Å²) < 4.78 is 49.1. The van der Waals surface area contributed by atoms with Gasteiger partial charge in [0.15, 0.2) is 6.10 Å². The van der Waals surface area contributed by atoms with Crippen molar-refractivity contribution < 1.29 is 27.1 Å². The van der Waals surface area contributed by atoms with E-state index < -0.39 is 22.5 Å². The van der Waals surface area contributed by atoms with Gasteiger partial charge >= 0.3 is 0 Å². The first kappa shape index (κ1) is 23.6. The third-order valence-corrected chi connectivity index (χ3v) is 7.20. The number of nitrogens with two attached hydrogens (primary N) is 1. The first-order valence-corrected chi connectivity index (χ1v) is 12.0. The molecule has 8 nitrogen and oxygen atoms in total. The third-order valence-electron chi connectivity index (χ3n) is 6.13. The summed E-state index contributed by atoms with van der Waals surface area (Å²) in [4.78, 5) is 14.8. The maximum absolute atomic E-state index is 13.2. The summed E-state index contributed by atoms with van der Waals surface area (Å²) in [5, 5.41) is 0.239. The minimum Gasteiger partial charge on any atom is -0.495 e. The Morgan fingerprint density at radius 2 is 1.94 bits per heavy atom. The summed E-state index contributed by atoms with van der Waals surface area (Å²) in [7, 11) is -1.58. The topological polar surface area (TPSA) is 102 Å². The van der Waals surface area contributed by atoms with E-state index in [1.165, 1.54) is 31.4 Å². The van der Waals surface area contributed by atoms with E-state index in [2.05, 4.69) is 0 Å². The van der Waals surface area contributed by atoms with E-state index in [4.69, 9.17) is 26.8 Å². The fourth-order valence-electron chi connectivity index (χ4n) is 4.27. The Hall–Kier alpha value is -2.56. The molecule has 33 heavy (non-hydrogen) atoms. The second kappa shape index (κ2) is 9.36. The van der Waals surface area contributed by atoms with Crippen molar-refractivity contribution in [2.75, 3.05) is 31.0 Å². The molecule has 178 valence electrons. The van der Waals surface area contributed by atoms with Crippen LogP contribution in [0.3, 0.4) is 0 Å². The highest BCUT2D eigenvalue weighted by atomic mass is 35.5. The van der Waals surface area contributed by atoms with Gasteiger partial charge in [-0.2, -0.15) is 0 Å². The molecule has 0 spiro atoms. The highest BCUT2D eigenvalue weighted by Crippen LogP contribution is 2.41. The first-order valence-electron chi connectivity index (χ1n) is 10.5. The van der Waals surface area contributed by atoms with Crippen LogP contribution in [0.2, 0.25) is 5.02 Å². The zero-order valence-electron chi connectivity index (χ0n) is 18.0. The fraction of sp³-hybridized carbons (Fsp3) is 0.409. The van der Waals surface area contributed by atoms with E-state index in [1.54, 1.807) is 17.0 Å². The molecule has 0 aromatic heterocycles. The molecule has 2 aliphatic heterocycles. The Balaban J connectivity index is 1.46. The van der Waals surface area contributed by atoms with Crippen molar-refractivity contribution in [2.45, 2.75) is 30.9 Å². The molecule has 2 heterocycles. The number of amides is 1. The molecular formula is C22H25ClFN3O5S. The van der Waals surface area contributed by atoms with Crippen LogP contribution in [-0.2, 0) is 22.1 Å². The van der Waals surface area contributed by atoms with Crippen LogP contribution in [0.5, 0.6) is 11.5 Å². The number of benzene rings is 2. The highest BCUT2D eigenvalue weighted by molar-refractivity contribution is 7.74. The number of fused-ring (bicyclic) bond motifs is 1. The summed E-state index contributed by atoms with van der Waals surface area (Å²) in [5.41, 5.74) is 7.25. The molecule has 0 radical (unpaired) electrons. The Morgan fingerprint density at radius 1 is 1.27 bits per heavy atom. The standard InChI is InChI=1S/C22H25ClFN3O5S/c1-31-18-11-19-17(10-16(18)23)27(33(29)30)13-20(32-19)21(28)26-8-6-22(25,7-9-26)12-14-2-4-15(24)5-3-14/h2-5,10-11,20,33H,6-9,12-13,25H2,1H3. The summed E-state index contributed by atoms with van der Waals surface area (Å²) in [6, 6.07) is 9.17. The average Bonchev–Trinajstić information content (AvgIpc) is 2.79.